The molecule has 0 atom stereocenters. The number of benzene rings is 1. The van der Waals surface area contributed by atoms with E-state index < -0.39 is 0 Å². The Morgan fingerprint density at radius 1 is 1.11 bits per heavy atom. The number of ether oxygens (including phenoxy) is 1. The Balaban J connectivity index is 1.62. The van der Waals surface area contributed by atoms with E-state index in [-0.39, 0.29) is 30.0 Å². The largest absolute Gasteiger partial charge is 0.449 e. The summed E-state index contributed by atoms with van der Waals surface area (Å²) in [6, 6.07) is 6.90. The molecule has 1 aromatic heterocycles. The SMILES string of the molecule is CC(C)COC(=O)N1CCCN(C(=O)Cn2nnc3ccccc3c2=O)CC1. The summed E-state index contributed by atoms with van der Waals surface area (Å²) in [7, 11) is 0. The monoisotopic (exact) mass is 387 g/mol. The Labute approximate surface area is 162 Å². The van der Waals surface area contributed by atoms with Crippen molar-refractivity contribution in [3.05, 3.63) is 34.6 Å². The topological polar surface area (TPSA) is 97.6 Å². The van der Waals surface area contributed by atoms with Gasteiger partial charge in [-0.1, -0.05) is 31.2 Å². The van der Waals surface area contributed by atoms with Gasteiger partial charge in [0.25, 0.3) is 5.56 Å². The molecule has 0 aliphatic carbocycles. The highest BCUT2D eigenvalue weighted by molar-refractivity contribution is 5.78. The maximum absolute atomic E-state index is 12.7. The number of carbonyl (C=O) groups excluding carboxylic acids is 2. The first-order chi connectivity index (χ1) is 13.5. The summed E-state index contributed by atoms with van der Waals surface area (Å²) >= 11 is 0. The fourth-order valence-corrected chi connectivity index (χ4v) is 3.03. The molecule has 1 aromatic carbocycles. The van der Waals surface area contributed by atoms with Crippen LogP contribution in [0, 0.1) is 5.92 Å². The Bertz CT molecular complexity index is 911. The van der Waals surface area contributed by atoms with Crippen molar-refractivity contribution in [2.75, 3.05) is 32.8 Å². The molecule has 0 radical (unpaired) electrons. The van der Waals surface area contributed by atoms with Gasteiger partial charge in [-0.2, -0.15) is 0 Å². The number of hydrogen-bond acceptors (Lipinski definition) is 6. The Morgan fingerprint density at radius 2 is 1.82 bits per heavy atom. The van der Waals surface area contributed by atoms with Crippen LogP contribution in [0.1, 0.15) is 20.3 Å². The smallest absolute Gasteiger partial charge is 0.409 e. The Kier molecular flexibility index (Phi) is 6.23. The summed E-state index contributed by atoms with van der Waals surface area (Å²) in [6.07, 6.45) is 0.306. The van der Waals surface area contributed by atoms with Crippen molar-refractivity contribution in [3.63, 3.8) is 0 Å². The molecule has 2 heterocycles. The predicted molar refractivity (Wildman–Crippen MR) is 103 cm³/mol. The van der Waals surface area contributed by atoms with E-state index >= 15 is 0 Å². The molecule has 9 nitrogen and oxygen atoms in total. The zero-order valence-electron chi connectivity index (χ0n) is 16.2. The highest BCUT2D eigenvalue weighted by Crippen LogP contribution is 2.08. The summed E-state index contributed by atoms with van der Waals surface area (Å²) in [6.45, 7) is 6.02. The van der Waals surface area contributed by atoms with Crippen LogP contribution < -0.4 is 5.56 Å². The van der Waals surface area contributed by atoms with Crippen LogP contribution in [0.4, 0.5) is 4.79 Å². The standard InChI is InChI=1S/C19H25N5O4/c1-14(2)13-28-19(27)23-9-5-8-22(10-11-23)17(25)12-24-18(26)15-6-3-4-7-16(15)20-21-24/h3-4,6-7,14H,5,8-13H2,1-2H3. The van der Waals surface area contributed by atoms with Crippen LogP contribution in [0.5, 0.6) is 0 Å². The lowest BCUT2D eigenvalue weighted by Crippen LogP contribution is -2.40. The van der Waals surface area contributed by atoms with Crippen LogP contribution in [-0.2, 0) is 16.1 Å². The van der Waals surface area contributed by atoms with Crippen molar-refractivity contribution in [1.82, 2.24) is 24.8 Å². The molecule has 1 aliphatic heterocycles. The maximum Gasteiger partial charge on any atom is 0.409 e. The lowest BCUT2D eigenvalue weighted by Gasteiger charge is -2.22. The number of fused-ring (bicyclic) bond motifs is 1. The van der Waals surface area contributed by atoms with Gasteiger partial charge in [0.15, 0.2) is 0 Å². The second-order valence-corrected chi connectivity index (χ2v) is 7.26. The third kappa shape index (κ3) is 4.65. The zero-order valence-corrected chi connectivity index (χ0v) is 16.2. The lowest BCUT2D eigenvalue weighted by molar-refractivity contribution is -0.132. The normalized spacial score (nSPS) is 15.0. The summed E-state index contributed by atoms with van der Waals surface area (Å²) in [5.41, 5.74) is 0.161. The summed E-state index contributed by atoms with van der Waals surface area (Å²) < 4.78 is 6.35. The van der Waals surface area contributed by atoms with Crippen molar-refractivity contribution in [3.8, 4) is 0 Å². The summed E-state index contributed by atoms with van der Waals surface area (Å²) in [4.78, 5) is 40.6. The van der Waals surface area contributed by atoms with Crippen LogP contribution in [-0.4, -0.2) is 69.6 Å². The van der Waals surface area contributed by atoms with Gasteiger partial charge in [-0.3, -0.25) is 9.59 Å². The number of nitrogens with zero attached hydrogens (tertiary/aromatic N) is 5. The molecule has 0 bridgehead atoms. The molecule has 2 amide bonds. The fraction of sp³-hybridized carbons (Fsp3) is 0.526. The molecule has 0 saturated carbocycles. The summed E-state index contributed by atoms with van der Waals surface area (Å²) in [5.74, 6) is 0.0551. The van der Waals surface area contributed by atoms with Gasteiger partial charge in [0.1, 0.15) is 12.1 Å². The molecule has 1 saturated heterocycles. The van der Waals surface area contributed by atoms with E-state index in [9.17, 15) is 14.4 Å². The van der Waals surface area contributed by atoms with Crippen molar-refractivity contribution in [2.24, 2.45) is 5.92 Å². The third-order valence-corrected chi connectivity index (χ3v) is 4.56. The van der Waals surface area contributed by atoms with Gasteiger partial charge in [-0.25, -0.2) is 9.48 Å². The molecule has 3 rings (SSSR count). The van der Waals surface area contributed by atoms with E-state index in [0.29, 0.717) is 50.1 Å². The van der Waals surface area contributed by atoms with E-state index in [1.54, 1.807) is 34.1 Å². The molecule has 0 N–H and O–H groups in total. The number of hydrogen-bond donors (Lipinski definition) is 0. The van der Waals surface area contributed by atoms with Crippen molar-refractivity contribution in [2.45, 2.75) is 26.8 Å². The van der Waals surface area contributed by atoms with Crippen LogP contribution in [0.25, 0.3) is 10.9 Å². The molecule has 2 aromatic rings. The van der Waals surface area contributed by atoms with Gasteiger partial charge < -0.3 is 14.5 Å². The van der Waals surface area contributed by atoms with Crippen LogP contribution in [0.15, 0.2) is 29.1 Å². The zero-order chi connectivity index (χ0) is 20.1. The second-order valence-electron chi connectivity index (χ2n) is 7.26. The van der Waals surface area contributed by atoms with E-state index in [2.05, 4.69) is 10.3 Å². The predicted octanol–water partition coefficient (Wildman–Crippen LogP) is 1.12. The van der Waals surface area contributed by atoms with Crippen molar-refractivity contribution < 1.29 is 14.3 Å². The molecule has 1 fully saturated rings. The van der Waals surface area contributed by atoms with E-state index in [4.69, 9.17) is 4.74 Å². The number of amides is 2. The van der Waals surface area contributed by atoms with Crippen LogP contribution in [0.2, 0.25) is 0 Å². The first-order valence-corrected chi connectivity index (χ1v) is 9.47. The molecule has 150 valence electrons. The molecule has 28 heavy (non-hydrogen) atoms. The van der Waals surface area contributed by atoms with Gasteiger partial charge in [-0.05, 0) is 24.5 Å². The molecule has 0 unspecified atom stereocenters. The van der Waals surface area contributed by atoms with Gasteiger partial charge in [0.2, 0.25) is 5.91 Å². The molecular formula is C19H25N5O4. The van der Waals surface area contributed by atoms with Gasteiger partial charge in [0, 0.05) is 26.2 Å². The Morgan fingerprint density at radius 3 is 2.61 bits per heavy atom. The third-order valence-electron chi connectivity index (χ3n) is 4.56. The first kappa shape index (κ1) is 19.8. The van der Waals surface area contributed by atoms with Gasteiger partial charge >= 0.3 is 6.09 Å². The number of aromatic nitrogens is 3. The van der Waals surface area contributed by atoms with Gasteiger partial charge in [-0.15, -0.1) is 5.10 Å². The van der Waals surface area contributed by atoms with E-state index in [1.807, 2.05) is 13.8 Å². The Hall–Kier alpha value is -2.97. The van der Waals surface area contributed by atoms with Gasteiger partial charge in [0.05, 0.1) is 12.0 Å². The quantitative estimate of drug-likeness (QED) is 0.780. The van der Waals surface area contributed by atoms with Crippen molar-refractivity contribution in [1.29, 1.82) is 0 Å². The number of rotatable bonds is 4. The number of carbonyl (C=O) groups is 2. The second kappa shape index (κ2) is 8.81. The molecular weight excluding hydrogens is 362 g/mol. The summed E-state index contributed by atoms with van der Waals surface area (Å²) in [5, 5.41) is 8.30. The molecule has 0 spiro atoms. The average Bonchev–Trinajstić information content (AvgIpc) is 2.95. The van der Waals surface area contributed by atoms with E-state index in [1.165, 1.54) is 0 Å². The fourth-order valence-electron chi connectivity index (χ4n) is 3.03. The highest BCUT2D eigenvalue weighted by atomic mass is 16.6. The molecule has 1 aliphatic rings. The highest BCUT2D eigenvalue weighted by Gasteiger charge is 2.23. The maximum atomic E-state index is 12.7. The minimum atomic E-state index is -0.348. The van der Waals surface area contributed by atoms with Crippen LogP contribution >= 0.6 is 0 Å². The first-order valence-electron chi connectivity index (χ1n) is 9.47. The average molecular weight is 387 g/mol. The van der Waals surface area contributed by atoms with E-state index in [0.717, 1.165) is 4.68 Å². The minimum absolute atomic E-state index is 0.172. The molecule has 9 heteroatoms. The van der Waals surface area contributed by atoms with Crippen LogP contribution in [0.3, 0.4) is 0 Å². The lowest BCUT2D eigenvalue weighted by atomic mass is 10.2. The van der Waals surface area contributed by atoms with Crippen molar-refractivity contribution >= 4 is 22.9 Å². The minimum Gasteiger partial charge on any atom is -0.449 e.